The molecule has 11 heteroatoms. The van der Waals surface area contributed by atoms with Crippen LogP contribution in [0.25, 0.3) is 0 Å². The summed E-state index contributed by atoms with van der Waals surface area (Å²) >= 11 is 0. The van der Waals surface area contributed by atoms with E-state index in [1.807, 2.05) is 0 Å². The van der Waals surface area contributed by atoms with Crippen molar-refractivity contribution >= 4 is 29.0 Å². The average Bonchev–Trinajstić information content (AvgIpc) is 2.50. The summed E-state index contributed by atoms with van der Waals surface area (Å²) in [5.74, 6) is -1.45. The number of primary amides is 1. The van der Waals surface area contributed by atoms with Gasteiger partial charge < -0.3 is 20.7 Å². The van der Waals surface area contributed by atoms with Crippen LogP contribution in [0.3, 0.4) is 0 Å². The molecule has 0 saturated heterocycles. The van der Waals surface area contributed by atoms with Crippen LogP contribution in [0.2, 0.25) is 0 Å². The van der Waals surface area contributed by atoms with Crippen LogP contribution in [-0.2, 0) is 21.2 Å². The molecule has 1 aliphatic heterocycles. The van der Waals surface area contributed by atoms with Gasteiger partial charge in [-0.05, 0) is 24.5 Å². The van der Waals surface area contributed by atoms with Gasteiger partial charge in [-0.3, -0.25) is 9.59 Å². The molecule has 1 heterocycles. The van der Waals surface area contributed by atoms with E-state index in [9.17, 15) is 23.0 Å². The number of rotatable bonds is 7. The Morgan fingerprint density at radius 1 is 1.44 bits per heavy atom. The molecule has 0 aromatic heterocycles. The first-order valence-corrected chi connectivity index (χ1v) is 9.57. The van der Waals surface area contributed by atoms with Crippen LogP contribution >= 0.6 is 0 Å². The van der Waals surface area contributed by atoms with Crippen LogP contribution in [0.1, 0.15) is 28.8 Å². The Morgan fingerprint density at radius 2 is 2.16 bits per heavy atom. The highest BCUT2D eigenvalue weighted by atomic mass is 32.2. The number of para-hydroxylation sites is 1. The van der Waals surface area contributed by atoms with E-state index in [0.29, 0.717) is 12.0 Å². The van der Waals surface area contributed by atoms with E-state index in [2.05, 4.69) is 10.0 Å². The van der Waals surface area contributed by atoms with Crippen LogP contribution in [-0.4, -0.2) is 51.1 Å². The lowest BCUT2D eigenvalue weighted by molar-refractivity contribution is -0.121. The predicted molar refractivity (Wildman–Crippen MR) is 91.3 cm³/mol. The van der Waals surface area contributed by atoms with Crippen molar-refractivity contribution in [3.8, 4) is 5.75 Å². The van der Waals surface area contributed by atoms with Gasteiger partial charge in [-0.2, -0.15) is 0 Å². The third-order valence-corrected chi connectivity index (χ3v) is 4.40. The molecule has 136 valence electrons. The van der Waals surface area contributed by atoms with E-state index in [1.165, 1.54) is 6.07 Å². The highest BCUT2D eigenvalue weighted by Crippen LogP contribution is 2.29. The van der Waals surface area contributed by atoms with E-state index >= 15 is 0 Å². The summed E-state index contributed by atoms with van der Waals surface area (Å²) < 4.78 is 29.5. The van der Waals surface area contributed by atoms with Gasteiger partial charge in [-0.25, -0.2) is 13.1 Å². The van der Waals surface area contributed by atoms with Crippen molar-refractivity contribution in [1.82, 2.24) is 10.0 Å². The van der Waals surface area contributed by atoms with Crippen molar-refractivity contribution < 1.29 is 27.7 Å². The van der Waals surface area contributed by atoms with Gasteiger partial charge in [0.1, 0.15) is 5.75 Å². The van der Waals surface area contributed by atoms with Crippen molar-refractivity contribution in [2.75, 3.05) is 12.8 Å². The predicted octanol–water partition coefficient (Wildman–Crippen LogP) is -1.45. The quantitative estimate of drug-likeness (QED) is 0.342. The van der Waals surface area contributed by atoms with Gasteiger partial charge in [0, 0.05) is 13.0 Å². The molecule has 1 aromatic carbocycles. The molecule has 0 unspecified atom stereocenters. The standard InChI is InChI=1S/C14H20BN3O6S/c1-25(22,23)17-7-3-6-12(19)18-11-8-9-4-2-5-10(14(16)20)13(9)24-15(11)21/h2,4-5,11,17,21H,3,6-8H2,1H3,(H2,16,20)(H,18,19)/t11-/m0/s1. The molecule has 0 spiro atoms. The minimum Gasteiger partial charge on any atom is -0.534 e. The van der Waals surface area contributed by atoms with Crippen LogP contribution in [0.15, 0.2) is 18.2 Å². The molecule has 1 aromatic rings. The Balaban J connectivity index is 1.93. The first-order chi connectivity index (χ1) is 11.7. The van der Waals surface area contributed by atoms with Crippen LogP contribution in [0.4, 0.5) is 0 Å². The van der Waals surface area contributed by atoms with Gasteiger partial charge in [-0.1, -0.05) is 12.1 Å². The molecule has 0 radical (unpaired) electrons. The fourth-order valence-corrected chi connectivity index (χ4v) is 3.04. The van der Waals surface area contributed by atoms with Crippen molar-refractivity contribution in [3.05, 3.63) is 29.3 Å². The molecule has 1 aliphatic rings. The number of benzene rings is 1. The topological polar surface area (TPSA) is 148 Å². The second kappa shape index (κ2) is 7.85. The van der Waals surface area contributed by atoms with E-state index in [1.54, 1.807) is 12.1 Å². The number of fused-ring (bicyclic) bond motifs is 1. The lowest BCUT2D eigenvalue weighted by atomic mass is 9.72. The SMILES string of the molecule is CS(=O)(=O)NCCCC(=O)N[C@H]1Cc2cccc(C(N)=O)c2OB1O. The number of amides is 2. The molecule has 0 aliphatic carbocycles. The van der Waals surface area contributed by atoms with E-state index in [-0.39, 0.29) is 36.6 Å². The summed E-state index contributed by atoms with van der Waals surface area (Å²) in [7, 11) is -4.60. The molecule has 2 amide bonds. The van der Waals surface area contributed by atoms with E-state index in [4.69, 9.17) is 10.4 Å². The Bertz CT molecular complexity index is 770. The maximum Gasteiger partial charge on any atom is 0.547 e. The molecule has 25 heavy (non-hydrogen) atoms. The minimum absolute atomic E-state index is 0.0971. The molecule has 1 atom stereocenters. The van der Waals surface area contributed by atoms with Crippen LogP contribution < -0.4 is 20.4 Å². The van der Waals surface area contributed by atoms with E-state index < -0.39 is 29.0 Å². The summed E-state index contributed by atoms with van der Waals surface area (Å²) in [6.45, 7) is 0.154. The largest absolute Gasteiger partial charge is 0.547 e. The Labute approximate surface area is 146 Å². The lowest BCUT2D eigenvalue weighted by Crippen LogP contribution is -2.53. The van der Waals surface area contributed by atoms with Gasteiger partial charge in [-0.15, -0.1) is 0 Å². The maximum absolute atomic E-state index is 11.9. The normalized spacial score (nSPS) is 16.7. The third-order valence-electron chi connectivity index (χ3n) is 3.68. The zero-order chi connectivity index (χ0) is 18.6. The third kappa shape index (κ3) is 5.44. The molecular weight excluding hydrogens is 349 g/mol. The Hall–Kier alpha value is -2.11. The number of carbonyl (C=O) groups excluding carboxylic acids is 2. The highest BCUT2D eigenvalue weighted by Gasteiger charge is 2.37. The van der Waals surface area contributed by atoms with Crippen LogP contribution in [0.5, 0.6) is 5.75 Å². The van der Waals surface area contributed by atoms with Crippen molar-refractivity contribution in [2.24, 2.45) is 5.73 Å². The molecule has 5 N–H and O–H groups in total. The average molecular weight is 369 g/mol. The van der Waals surface area contributed by atoms with Gasteiger partial charge in [0.15, 0.2) is 0 Å². The zero-order valence-corrected chi connectivity index (χ0v) is 14.5. The Kier molecular flexibility index (Phi) is 6.04. The Morgan fingerprint density at radius 3 is 2.80 bits per heavy atom. The molecule has 0 saturated carbocycles. The smallest absolute Gasteiger partial charge is 0.534 e. The minimum atomic E-state index is -3.28. The molecule has 2 rings (SSSR count). The fourth-order valence-electron chi connectivity index (χ4n) is 2.53. The van der Waals surface area contributed by atoms with Crippen molar-refractivity contribution in [3.63, 3.8) is 0 Å². The molecule has 9 nitrogen and oxygen atoms in total. The number of carbonyl (C=O) groups is 2. The number of nitrogens with two attached hydrogens (primary N) is 1. The summed E-state index contributed by atoms with van der Waals surface area (Å²) in [5.41, 5.74) is 6.11. The second-order valence-electron chi connectivity index (χ2n) is 5.81. The summed E-state index contributed by atoms with van der Waals surface area (Å²) in [4.78, 5) is 23.3. The number of nitrogens with one attached hydrogen (secondary N) is 2. The van der Waals surface area contributed by atoms with E-state index in [0.717, 1.165) is 6.26 Å². The first-order valence-electron chi connectivity index (χ1n) is 7.68. The van der Waals surface area contributed by atoms with Gasteiger partial charge in [0.25, 0.3) is 5.91 Å². The molecular formula is C14H20BN3O6S. The monoisotopic (exact) mass is 369 g/mol. The first kappa shape index (κ1) is 19.2. The zero-order valence-electron chi connectivity index (χ0n) is 13.7. The second-order valence-corrected chi connectivity index (χ2v) is 7.65. The van der Waals surface area contributed by atoms with Gasteiger partial charge in [0.05, 0.1) is 17.8 Å². The summed E-state index contributed by atoms with van der Waals surface area (Å²) in [6.07, 6.45) is 1.75. The number of sulfonamides is 1. The summed E-state index contributed by atoms with van der Waals surface area (Å²) in [5, 5.41) is 12.7. The fraction of sp³-hybridized carbons (Fsp3) is 0.429. The molecule has 0 bridgehead atoms. The lowest BCUT2D eigenvalue weighted by Gasteiger charge is -2.29. The van der Waals surface area contributed by atoms with Gasteiger partial charge >= 0.3 is 7.12 Å². The highest BCUT2D eigenvalue weighted by molar-refractivity contribution is 7.88. The summed E-state index contributed by atoms with van der Waals surface area (Å²) in [6, 6.07) is 4.88. The van der Waals surface area contributed by atoms with Crippen molar-refractivity contribution in [1.29, 1.82) is 0 Å². The number of hydrogen-bond acceptors (Lipinski definition) is 6. The number of hydrogen-bond donors (Lipinski definition) is 4. The van der Waals surface area contributed by atoms with Crippen molar-refractivity contribution in [2.45, 2.75) is 25.2 Å². The van der Waals surface area contributed by atoms with Gasteiger partial charge in [0.2, 0.25) is 15.9 Å². The van der Waals surface area contributed by atoms with Crippen LogP contribution in [0, 0.1) is 0 Å². The maximum atomic E-state index is 11.9. The molecule has 0 fully saturated rings.